The fraction of sp³-hybridized carbons (Fsp3) is 0.812. The molecular formula is C16H29N3. The Bertz CT molecular complexity index is 383. The molecular weight excluding hydrogens is 234 g/mol. The van der Waals surface area contributed by atoms with Gasteiger partial charge in [0.05, 0.1) is 5.69 Å². The largest absolute Gasteiger partial charge is 0.314 e. The van der Waals surface area contributed by atoms with Gasteiger partial charge in [0, 0.05) is 18.8 Å². The molecule has 3 heteroatoms. The van der Waals surface area contributed by atoms with Crippen molar-refractivity contribution in [3.05, 3.63) is 17.5 Å². The third-order valence-electron chi connectivity index (χ3n) is 4.41. The monoisotopic (exact) mass is 263 g/mol. The van der Waals surface area contributed by atoms with E-state index in [9.17, 15) is 0 Å². The molecule has 0 aliphatic heterocycles. The molecule has 0 saturated heterocycles. The maximum atomic E-state index is 4.57. The van der Waals surface area contributed by atoms with Gasteiger partial charge in [-0.15, -0.1) is 0 Å². The van der Waals surface area contributed by atoms with Gasteiger partial charge in [-0.3, -0.25) is 4.68 Å². The van der Waals surface area contributed by atoms with Gasteiger partial charge < -0.3 is 5.32 Å². The summed E-state index contributed by atoms with van der Waals surface area (Å²) in [5.74, 6) is 0.826. The highest BCUT2D eigenvalue weighted by Gasteiger charge is 2.21. The van der Waals surface area contributed by atoms with Crippen molar-refractivity contribution in [2.24, 2.45) is 13.0 Å². The number of rotatable bonds is 5. The Hall–Kier alpha value is -0.830. The zero-order valence-corrected chi connectivity index (χ0v) is 12.8. The van der Waals surface area contributed by atoms with E-state index in [1.165, 1.54) is 49.9 Å². The van der Waals surface area contributed by atoms with Crippen LogP contribution in [0, 0.1) is 5.92 Å². The molecule has 3 nitrogen and oxygen atoms in total. The summed E-state index contributed by atoms with van der Waals surface area (Å²) in [5.41, 5.74) is 2.65. The van der Waals surface area contributed by atoms with Gasteiger partial charge in [0.25, 0.3) is 0 Å². The van der Waals surface area contributed by atoms with E-state index >= 15 is 0 Å². The Balaban J connectivity index is 1.97. The van der Waals surface area contributed by atoms with Crippen LogP contribution in [0.1, 0.15) is 57.3 Å². The Kier molecular flexibility index (Phi) is 5.44. The minimum Gasteiger partial charge on any atom is -0.314 e. The zero-order chi connectivity index (χ0) is 13.7. The van der Waals surface area contributed by atoms with Crippen LogP contribution in [0.4, 0.5) is 0 Å². The van der Waals surface area contributed by atoms with Crippen molar-refractivity contribution in [3.8, 4) is 0 Å². The third kappa shape index (κ3) is 4.07. The molecule has 1 N–H and O–H groups in total. The molecule has 1 heterocycles. The van der Waals surface area contributed by atoms with Crippen molar-refractivity contribution in [1.82, 2.24) is 15.1 Å². The predicted molar refractivity (Wildman–Crippen MR) is 80.3 cm³/mol. The van der Waals surface area contributed by atoms with Gasteiger partial charge in [-0.25, -0.2) is 0 Å². The molecule has 2 rings (SSSR count). The van der Waals surface area contributed by atoms with Crippen LogP contribution >= 0.6 is 0 Å². The number of aromatic nitrogens is 2. The topological polar surface area (TPSA) is 29.9 Å². The van der Waals surface area contributed by atoms with Gasteiger partial charge >= 0.3 is 0 Å². The highest BCUT2D eigenvalue weighted by atomic mass is 15.3. The molecule has 0 spiro atoms. The molecule has 1 aliphatic rings. The van der Waals surface area contributed by atoms with Crippen LogP contribution in [0.3, 0.4) is 0 Å². The minimum absolute atomic E-state index is 0.733. The molecule has 1 aromatic rings. The lowest BCUT2D eigenvalue weighted by molar-refractivity contribution is 0.383. The lowest BCUT2D eigenvalue weighted by atomic mass is 9.93. The van der Waals surface area contributed by atoms with Crippen LogP contribution < -0.4 is 5.32 Å². The number of nitrogens with zero attached hydrogens (tertiary/aromatic N) is 2. The third-order valence-corrected chi connectivity index (χ3v) is 4.41. The van der Waals surface area contributed by atoms with Gasteiger partial charge in [0.15, 0.2) is 0 Å². The summed E-state index contributed by atoms with van der Waals surface area (Å²) < 4.78 is 2.09. The Labute approximate surface area is 117 Å². The molecule has 19 heavy (non-hydrogen) atoms. The first-order chi connectivity index (χ1) is 9.22. The van der Waals surface area contributed by atoms with Crippen molar-refractivity contribution in [1.29, 1.82) is 0 Å². The molecule has 1 aliphatic carbocycles. The Morgan fingerprint density at radius 3 is 2.79 bits per heavy atom. The van der Waals surface area contributed by atoms with Crippen LogP contribution in [-0.2, 0) is 19.9 Å². The predicted octanol–water partition coefficient (Wildman–Crippen LogP) is 3.08. The van der Waals surface area contributed by atoms with E-state index in [-0.39, 0.29) is 0 Å². The van der Waals surface area contributed by atoms with Crippen LogP contribution in [-0.4, -0.2) is 22.4 Å². The summed E-state index contributed by atoms with van der Waals surface area (Å²) >= 11 is 0. The second-order valence-electron chi connectivity index (χ2n) is 5.95. The van der Waals surface area contributed by atoms with Crippen molar-refractivity contribution < 1.29 is 0 Å². The molecule has 108 valence electrons. The van der Waals surface area contributed by atoms with Gasteiger partial charge in [-0.05, 0) is 44.2 Å². The zero-order valence-electron chi connectivity index (χ0n) is 12.8. The Morgan fingerprint density at radius 2 is 2.11 bits per heavy atom. The number of hydrogen-bond acceptors (Lipinski definition) is 2. The van der Waals surface area contributed by atoms with E-state index in [4.69, 9.17) is 0 Å². The van der Waals surface area contributed by atoms with E-state index in [2.05, 4.69) is 42.1 Å². The SMILES string of the molecule is CCNC1CCCCC(Cc2cc(CC)nn2C)C1. The second kappa shape index (κ2) is 7.09. The van der Waals surface area contributed by atoms with Crippen LogP contribution in [0.2, 0.25) is 0 Å². The minimum atomic E-state index is 0.733. The summed E-state index contributed by atoms with van der Waals surface area (Å²) in [6, 6.07) is 3.03. The summed E-state index contributed by atoms with van der Waals surface area (Å²) in [6.07, 6.45) is 9.10. The first-order valence-corrected chi connectivity index (χ1v) is 7.98. The highest BCUT2D eigenvalue weighted by Crippen LogP contribution is 2.26. The van der Waals surface area contributed by atoms with E-state index in [0.29, 0.717) is 0 Å². The lowest BCUT2D eigenvalue weighted by Crippen LogP contribution is -2.30. The van der Waals surface area contributed by atoms with Gasteiger partial charge in [-0.1, -0.05) is 33.1 Å². The van der Waals surface area contributed by atoms with Crippen molar-refractivity contribution >= 4 is 0 Å². The first kappa shape index (κ1) is 14.6. The molecule has 0 amide bonds. The van der Waals surface area contributed by atoms with Gasteiger partial charge in [0.2, 0.25) is 0 Å². The molecule has 1 fully saturated rings. The maximum Gasteiger partial charge on any atom is 0.0624 e. The Morgan fingerprint density at radius 1 is 1.32 bits per heavy atom. The van der Waals surface area contributed by atoms with E-state index in [1.807, 2.05) is 0 Å². The molecule has 2 unspecified atom stereocenters. The summed E-state index contributed by atoms with van der Waals surface area (Å²) in [7, 11) is 2.09. The smallest absolute Gasteiger partial charge is 0.0624 e. The lowest BCUT2D eigenvalue weighted by Gasteiger charge is -2.20. The normalized spacial score (nSPS) is 24.4. The number of hydrogen-bond donors (Lipinski definition) is 1. The van der Waals surface area contributed by atoms with E-state index in [0.717, 1.165) is 24.9 Å². The molecule has 0 bridgehead atoms. The fourth-order valence-electron chi connectivity index (χ4n) is 3.35. The maximum absolute atomic E-state index is 4.57. The first-order valence-electron chi connectivity index (χ1n) is 7.98. The van der Waals surface area contributed by atoms with E-state index in [1.54, 1.807) is 0 Å². The summed E-state index contributed by atoms with van der Waals surface area (Å²) in [4.78, 5) is 0. The fourth-order valence-corrected chi connectivity index (χ4v) is 3.35. The average molecular weight is 263 g/mol. The molecule has 0 radical (unpaired) electrons. The number of nitrogens with one attached hydrogen (secondary N) is 1. The standard InChI is InChI=1S/C16H29N3/c1-4-14-12-16(19(3)18-14)11-13-8-6-7-9-15(10-13)17-5-2/h12-13,15,17H,4-11H2,1-3H3. The van der Waals surface area contributed by atoms with Crippen LogP contribution in [0.5, 0.6) is 0 Å². The summed E-state index contributed by atoms with van der Waals surface area (Å²) in [5, 5.41) is 8.22. The van der Waals surface area contributed by atoms with Gasteiger partial charge in [-0.2, -0.15) is 5.10 Å². The van der Waals surface area contributed by atoms with Crippen molar-refractivity contribution in [3.63, 3.8) is 0 Å². The quantitative estimate of drug-likeness (QED) is 0.827. The molecule has 1 aromatic heterocycles. The van der Waals surface area contributed by atoms with Crippen LogP contribution in [0.25, 0.3) is 0 Å². The van der Waals surface area contributed by atoms with Gasteiger partial charge in [0.1, 0.15) is 0 Å². The molecule has 1 saturated carbocycles. The second-order valence-corrected chi connectivity index (χ2v) is 5.95. The average Bonchev–Trinajstić information content (AvgIpc) is 2.60. The van der Waals surface area contributed by atoms with Crippen molar-refractivity contribution in [2.45, 2.75) is 64.8 Å². The number of aryl methyl sites for hydroxylation is 2. The van der Waals surface area contributed by atoms with E-state index < -0.39 is 0 Å². The van der Waals surface area contributed by atoms with Crippen LogP contribution in [0.15, 0.2) is 6.07 Å². The molecule has 2 atom stereocenters. The highest BCUT2D eigenvalue weighted by molar-refractivity contribution is 5.11. The summed E-state index contributed by atoms with van der Waals surface area (Å²) in [6.45, 7) is 5.50. The molecule has 0 aromatic carbocycles. The van der Waals surface area contributed by atoms with Crippen molar-refractivity contribution in [2.75, 3.05) is 6.54 Å².